The van der Waals surface area contributed by atoms with E-state index in [9.17, 15) is 4.79 Å². The van der Waals surface area contributed by atoms with Crippen molar-refractivity contribution in [1.82, 2.24) is 5.43 Å². The molecule has 1 aromatic heterocycles. The van der Waals surface area contributed by atoms with Gasteiger partial charge in [-0.1, -0.05) is 6.07 Å². The van der Waals surface area contributed by atoms with Crippen LogP contribution in [0.1, 0.15) is 21.6 Å². The van der Waals surface area contributed by atoms with Crippen LogP contribution in [0.15, 0.2) is 34.7 Å². The molecule has 0 saturated carbocycles. The number of rotatable bonds is 5. The first-order valence-electron chi connectivity index (χ1n) is 6.61. The highest BCUT2D eigenvalue weighted by molar-refractivity contribution is 7.11. The van der Waals surface area contributed by atoms with E-state index in [2.05, 4.69) is 16.6 Å². The quantitative estimate of drug-likeness (QED) is 0.681. The van der Waals surface area contributed by atoms with Crippen molar-refractivity contribution < 1.29 is 9.53 Å². The van der Waals surface area contributed by atoms with Crippen LogP contribution in [0.2, 0.25) is 0 Å². The van der Waals surface area contributed by atoms with Crippen LogP contribution in [0.5, 0.6) is 5.75 Å². The number of ether oxygens (including phenoxy) is 1. The molecule has 0 aliphatic heterocycles. The third kappa shape index (κ3) is 4.72. The minimum Gasteiger partial charge on any atom is -0.484 e. The number of benzene rings is 1. The molecule has 5 heteroatoms. The second-order valence-corrected chi connectivity index (χ2v) is 5.82. The number of carbonyl (C=O) groups excluding carboxylic acids is 1. The molecule has 0 radical (unpaired) electrons. The van der Waals surface area contributed by atoms with Crippen molar-refractivity contribution in [2.45, 2.75) is 20.8 Å². The molecular weight excluding hydrogens is 284 g/mol. The Morgan fingerprint density at radius 3 is 2.62 bits per heavy atom. The van der Waals surface area contributed by atoms with Gasteiger partial charge in [0.1, 0.15) is 5.75 Å². The molecule has 0 bridgehead atoms. The van der Waals surface area contributed by atoms with E-state index in [4.69, 9.17) is 4.74 Å². The van der Waals surface area contributed by atoms with Crippen LogP contribution in [-0.4, -0.2) is 18.7 Å². The molecule has 0 aliphatic rings. The molecule has 1 amide bonds. The van der Waals surface area contributed by atoms with Crippen molar-refractivity contribution >= 4 is 23.5 Å². The Bertz CT molecular complexity index is 642. The summed E-state index contributed by atoms with van der Waals surface area (Å²) in [6.45, 7) is 5.94. The van der Waals surface area contributed by atoms with Crippen molar-refractivity contribution in [3.8, 4) is 5.75 Å². The van der Waals surface area contributed by atoms with Gasteiger partial charge >= 0.3 is 0 Å². The fourth-order valence-electron chi connectivity index (χ4n) is 1.88. The van der Waals surface area contributed by atoms with Crippen molar-refractivity contribution in [1.29, 1.82) is 0 Å². The van der Waals surface area contributed by atoms with Crippen LogP contribution in [-0.2, 0) is 4.79 Å². The Kier molecular flexibility index (Phi) is 5.11. The average molecular weight is 302 g/mol. The largest absolute Gasteiger partial charge is 0.484 e. The lowest BCUT2D eigenvalue weighted by atomic mass is 10.1. The number of carbonyl (C=O) groups is 1. The van der Waals surface area contributed by atoms with E-state index >= 15 is 0 Å². The van der Waals surface area contributed by atoms with Gasteiger partial charge in [-0.3, -0.25) is 4.79 Å². The molecule has 0 spiro atoms. The first-order valence-corrected chi connectivity index (χ1v) is 7.49. The molecule has 0 atom stereocenters. The van der Waals surface area contributed by atoms with Crippen molar-refractivity contribution in [3.63, 3.8) is 0 Å². The van der Waals surface area contributed by atoms with Crippen molar-refractivity contribution in [2.24, 2.45) is 5.10 Å². The molecule has 0 unspecified atom stereocenters. The van der Waals surface area contributed by atoms with E-state index in [0.29, 0.717) is 5.75 Å². The van der Waals surface area contributed by atoms with Gasteiger partial charge in [0, 0.05) is 4.88 Å². The lowest BCUT2D eigenvalue weighted by molar-refractivity contribution is -0.123. The van der Waals surface area contributed by atoms with Gasteiger partial charge in [-0.2, -0.15) is 5.10 Å². The Balaban J connectivity index is 1.82. The highest BCUT2D eigenvalue weighted by Gasteiger charge is 2.03. The minimum atomic E-state index is -0.278. The lowest BCUT2D eigenvalue weighted by Crippen LogP contribution is -2.24. The molecule has 0 aliphatic carbocycles. The SMILES string of the molecule is Cc1cc(C)cc(OCC(=O)N/N=C/c2sccc2C)c1. The summed E-state index contributed by atoms with van der Waals surface area (Å²) in [5.74, 6) is 0.417. The molecule has 0 saturated heterocycles. The number of nitrogens with one attached hydrogen (secondary N) is 1. The van der Waals surface area contributed by atoms with Crippen LogP contribution >= 0.6 is 11.3 Å². The molecule has 1 aromatic carbocycles. The first kappa shape index (κ1) is 15.3. The summed E-state index contributed by atoms with van der Waals surface area (Å²) in [6, 6.07) is 7.87. The van der Waals surface area contributed by atoms with Crippen LogP contribution in [0.25, 0.3) is 0 Å². The maximum absolute atomic E-state index is 11.7. The summed E-state index contributed by atoms with van der Waals surface area (Å²) in [5.41, 5.74) is 5.82. The van der Waals surface area contributed by atoms with Crippen LogP contribution < -0.4 is 10.2 Å². The van der Waals surface area contributed by atoms with Gasteiger partial charge in [-0.15, -0.1) is 11.3 Å². The number of aryl methyl sites for hydroxylation is 3. The third-order valence-corrected chi connectivity index (χ3v) is 3.79. The highest BCUT2D eigenvalue weighted by Crippen LogP contribution is 2.16. The van der Waals surface area contributed by atoms with E-state index in [1.807, 2.05) is 44.4 Å². The summed E-state index contributed by atoms with van der Waals surface area (Å²) in [4.78, 5) is 12.7. The maximum atomic E-state index is 11.7. The predicted molar refractivity (Wildman–Crippen MR) is 86.2 cm³/mol. The zero-order valence-corrected chi connectivity index (χ0v) is 13.2. The Morgan fingerprint density at radius 2 is 2.00 bits per heavy atom. The minimum absolute atomic E-state index is 0.0519. The van der Waals surface area contributed by atoms with E-state index in [1.165, 1.54) is 0 Å². The molecule has 2 aromatic rings. The van der Waals surface area contributed by atoms with E-state index in [0.717, 1.165) is 21.6 Å². The van der Waals surface area contributed by atoms with Crippen LogP contribution in [0.3, 0.4) is 0 Å². The van der Waals surface area contributed by atoms with Gasteiger partial charge < -0.3 is 4.74 Å². The Morgan fingerprint density at radius 1 is 1.29 bits per heavy atom. The number of hydrogen-bond donors (Lipinski definition) is 1. The summed E-state index contributed by atoms with van der Waals surface area (Å²) in [7, 11) is 0. The average Bonchev–Trinajstić information content (AvgIpc) is 2.81. The van der Waals surface area contributed by atoms with Gasteiger partial charge in [0.05, 0.1) is 6.21 Å². The predicted octanol–water partition coefficient (Wildman–Crippen LogP) is 3.20. The Labute approximate surface area is 128 Å². The number of amides is 1. The monoisotopic (exact) mass is 302 g/mol. The molecule has 21 heavy (non-hydrogen) atoms. The van der Waals surface area contributed by atoms with E-state index in [1.54, 1.807) is 17.6 Å². The lowest BCUT2D eigenvalue weighted by Gasteiger charge is -2.07. The second-order valence-electron chi connectivity index (χ2n) is 4.87. The molecule has 4 nitrogen and oxygen atoms in total. The number of hydrazone groups is 1. The summed E-state index contributed by atoms with van der Waals surface area (Å²) in [5, 5.41) is 5.92. The van der Waals surface area contributed by atoms with Crippen LogP contribution in [0.4, 0.5) is 0 Å². The van der Waals surface area contributed by atoms with Crippen LogP contribution in [0, 0.1) is 20.8 Å². The fraction of sp³-hybridized carbons (Fsp3) is 0.250. The summed E-state index contributed by atoms with van der Waals surface area (Å²) >= 11 is 1.58. The third-order valence-electron chi connectivity index (χ3n) is 2.84. The molecule has 2 rings (SSSR count). The molecular formula is C16H18N2O2S. The zero-order valence-electron chi connectivity index (χ0n) is 12.3. The van der Waals surface area contributed by atoms with Gasteiger partial charge in [0.2, 0.25) is 0 Å². The second kappa shape index (κ2) is 7.04. The molecule has 0 fully saturated rings. The van der Waals surface area contributed by atoms with Gasteiger partial charge in [-0.25, -0.2) is 5.43 Å². The maximum Gasteiger partial charge on any atom is 0.277 e. The standard InChI is InChI=1S/C16H18N2O2S/c1-11-6-12(2)8-14(7-11)20-10-16(19)18-17-9-15-13(3)4-5-21-15/h4-9H,10H2,1-3H3,(H,18,19)/b17-9+. The van der Waals surface area contributed by atoms with E-state index in [-0.39, 0.29) is 12.5 Å². The van der Waals surface area contributed by atoms with Gasteiger partial charge in [0.15, 0.2) is 6.61 Å². The first-order chi connectivity index (χ1) is 10.0. The number of thiophene rings is 1. The molecule has 1 N–H and O–H groups in total. The van der Waals surface area contributed by atoms with Gasteiger partial charge in [0.25, 0.3) is 5.91 Å². The van der Waals surface area contributed by atoms with Gasteiger partial charge in [-0.05, 0) is 61.0 Å². The van der Waals surface area contributed by atoms with Crippen molar-refractivity contribution in [2.75, 3.05) is 6.61 Å². The summed E-state index contributed by atoms with van der Waals surface area (Å²) < 4.78 is 5.46. The smallest absolute Gasteiger partial charge is 0.277 e. The van der Waals surface area contributed by atoms with E-state index < -0.39 is 0 Å². The molecule has 110 valence electrons. The topological polar surface area (TPSA) is 50.7 Å². The summed E-state index contributed by atoms with van der Waals surface area (Å²) in [6.07, 6.45) is 1.65. The molecule has 1 heterocycles. The zero-order chi connectivity index (χ0) is 15.2. The number of nitrogens with zero attached hydrogens (tertiary/aromatic N) is 1. The van der Waals surface area contributed by atoms with Crippen molar-refractivity contribution in [3.05, 3.63) is 51.2 Å². The fourth-order valence-corrected chi connectivity index (χ4v) is 2.66. The number of hydrogen-bond acceptors (Lipinski definition) is 4. The Hall–Kier alpha value is -2.14. The normalized spacial score (nSPS) is 10.8. The highest BCUT2D eigenvalue weighted by atomic mass is 32.1.